The second-order valence-corrected chi connectivity index (χ2v) is 7.16. The van der Waals surface area contributed by atoms with Crippen molar-refractivity contribution >= 4 is 0 Å². The minimum Gasteiger partial charge on any atom is -0.374 e. The lowest BCUT2D eigenvalue weighted by Gasteiger charge is -2.31. The van der Waals surface area contributed by atoms with E-state index in [9.17, 15) is 0 Å². The standard InChI is InChI=1S/C17H23N3O/c1-2-10(3-1)16-13-9-18-7-6-14(13)19-17(20-16)12-8-11-4-5-15(12)21-11/h10-12,15,18H,1-9H2. The highest BCUT2D eigenvalue weighted by Gasteiger charge is 2.43. The van der Waals surface area contributed by atoms with Gasteiger partial charge in [-0.2, -0.15) is 0 Å². The van der Waals surface area contributed by atoms with Crippen molar-refractivity contribution in [3.63, 3.8) is 0 Å². The molecule has 3 unspecified atom stereocenters. The lowest BCUT2D eigenvalue weighted by molar-refractivity contribution is 0.0998. The third-order valence-electron chi connectivity index (χ3n) is 5.91. The molecule has 4 nitrogen and oxygen atoms in total. The van der Waals surface area contributed by atoms with E-state index < -0.39 is 0 Å². The van der Waals surface area contributed by atoms with Gasteiger partial charge in [-0.15, -0.1) is 0 Å². The molecule has 1 aromatic heterocycles. The van der Waals surface area contributed by atoms with E-state index in [-0.39, 0.29) is 0 Å². The van der Waals surface area contributed by atoms with Gasteiger partial charge in [0.05, 0.1) is 23.6 Å². The van der Waals surface area contributed by atoms with Gasteiger partial charge in [0.1, 0.15) is 5.82 Å². The van der Waals surface area contributed by atoms with E-state index in [2.05, 4.69) is 5.32 Å². The molecule has 0 spiro atoms. The van der Waals surface area contributed by atoms with Crippen molar-refractivity contribution in [3.8, 4) is 0 Å². The zero-order chi connectivity index (χ0) is 13.8. The minimum absolute atomic E-state index is 0.393. The zero-order valence-electron chi connectivity index (χ0n) is 12.5. The van der Waals surface area contributed by atoms with Crippen LogP contribution in [-0.2, 0) is 17.7 Å². The van der Waals surface area contributed by atoms with Crippen molar-refractivity contribution in [2.24, 2.45) is 0 Å². The van der Waals surface area contributed by atoms with Crippen LogP contribution in [0.4, 0.5) is 0 Å². The molecule has 112 valence electrons. The van der Waals surface area contributed by atoms with Crippen molar-refractivity contribution in [3.05, 3.63) is 22.8 Å². The Morgan fingerprint density at radius 3 is 2.76 bits per heavy atom. The lowest BCUT2D eigenvalue weighted by Crippen LogP contribution is -2.30. The van der Waals surface area contributed by atoms with Crippen molar-refractivity contribution in [2.45, 2.75) is 75.5 Å². The van der Waals surface area contributed by atoms with E-state index in [4.69, 9.17) is 14.7 Å². The van der Waals surface area contributed by atoms with Gasteiger partial charge in [-0.1, -0.05) is 6.42 Å². The Balaban J connectivity index is 1.56. The quantitative estimate of drug-likeness (QED) is 0.906. The maximum absolute atomic E-state index is 6.03. The monoisotopic (exact) mass is 285 g/mol. The van der Waals surface area contributed by atoms with E-state index in [1.165, 1.54) is 49.1 Å². The van der Waals surface area contributed by atoms with Crippen LogP contribution in [0.3, 0.4) is 0 Å². The van der Waals surface area contributed by atoms with Crippen LogP contribution >= 0.6 is 0 Å². The molecule has 0 radical (unpaired) electrons. The third-order valence-corrected chi connectivity index (χ3v) is 5.91. The molecule has 1 saturated carbocycles. The summed E-state index contributed by atoms with van der Waals surface area (Å²) in [5, 5.41) is 3.50. The Kier molecular flexibility index (Phi) is 2.84. The van der Waals surface area contributed by atoms with Crippen LogP contribution in [0.25, 0.3) is 0 Å². The molecule has 3 aliphatic heterocycles. The summed E-state index contributed by atoms with van der Waals surface area (Å²) in [6.07, 6.45) is 9.52. The molecule has 1 aliphatic carbocycles. The summed E-state index contributed by atoms with van der Waals surface area (Å²) >= 11 is 0. The Hall–Kier alpha value is -1.00. The summed E-state index contributed by atoms with van der Waals surface area (Å²) in [5.41, 5.74) is 4.11. The van der Waals surface area contributed by atoms with E-state index in [0.29, 0.717) is 24.0 Å². The zero-order valence-corrected chi connectivity index (χ0v) is 12.5. The molecule has 4 heterocycles. The highest BCUT2D eigenvalue weighted by atomic mass is 16.5. The van der Waals surface area contributed by atoms with Crippen LogP contribution in [0, 0.1) is 0 Å². The summed E-state index contributed by atoms with van der Waals surface area (Å²) in [5.74, 6) is 2.26. The number of hydrogen-bond acceptors (Lipinski definition) is 4. The molecule has 0 aromatic carbocycles. The topological polar surface area (TPSA) is 47.0 Å². The van der Waals surface area contributed by atoms with Crippen LogP contribution in [0.5, 0.6) is 0 Å². The van der Waals surface area contributed by atoms with E-state index in [1.54, 1.807) is 0 Å². The van der Waals surface area contributed by atoms with Gasteiger partial charge in [0.25, 0.3) is 0 Å². The SMILES string of the molecule is C1CC(c2nc(C3CC4CCC3O4)nc3c2CNCC3)C1. The van der Waals surface area contributed by atoms with Gasteiger partial charge in [-0.05, 0) is 32.1 Å². The average Bonchev–Trinajstić information content (AvgIpc) is 3.08. The molecule has 1 aromatic rings. The third kappa shape index (κ3) is 1.95. The summed E-state index contributed by atoms with van der Waals surface area (Å²) in [4.78, 5) is 10.1. The second kappa shape index (κ2) is 4.75. The normalized spacial score (nSPS) is 34.8. The number of aromatic nitrogens is 2. The molecular formula is C17H23N3O. The van der Waals surface area contributed by atoms with Crippen molar-refractivity contribution < 1.29 is 4.74 Å². The maximum Gasteiger partial charge on any atom is 0.134 e. The van der Waals surface area contributed by atoms with Gasteiger partial charge >= 0.3 is 0 Å². The molecule has 5 rings (SSSR count). The number of fused-ring (bicyclic) bond motifs is 3. The molecule has 2 bridgehead atoms. The Labute approximate surface area is 125 Å². The first kappa shape index (κ1) is 12.5. The first-order valence-corrected chi connectivity index (χ1v) is 8.64. The van der Waals surface area contributed by atoms with Gasteiger partial charge < -0.3 is 10.1 Å². The van der Waals surface area contributed by atoms with Crippen LogP contribution in [0.15, 0.2) is 0 Å². The molecule has 1 N–H and O–H groups in total. The number of hydrogen-bond donors (Lipinski definition) is 1. The number of nitrogens with one attached hydrogen (secondary N) is 1. The fraction of sp³-hybridized carbons (Fsp3) is 0.765. The van der Waals surface area contributed by atoms with Gasteiger partial charge in [-0.3, -0.25) is 0 Å². The molecule has 4 aliphatic rings. The smallest absolute Gasteiger partial charge is 0.134 e. The van der Waals surface area contributed by atoms with Crippen LogP contribution in [0.1, 0.15) is 73.1 Å². The highest BCUT2D eigenvalue weighted by Crippen LogP contribution is 2.45. The number of rotatable bonds is 2. The predicted molar refractivity (Wildman–Crippen MR) is 79.3 cm³/mol. The molecule has 2 saturated heterocycles. The van der Waals surface area contributed by atoms with Gasteiger partial charge in [-0.25, -0.2) is 9.97 Å². The summed E-state index contributed by atoms with van der Waals surface area (Å²) in [6.45, 7) is 2.02. The maximum atomic E-state index is 6.03. The largest absolute Gasteiger partial charge is 0.374 e. The summed E-state index contributed by atoms with van der Waals surface area (Å²) in [7, 11) is 0. The fourth-order valence-corrected chi connectivity index (χ4v) is 4.48. The first-order chi connectivity index (χ1) is 10.4. The van der Waals surface area contributed by atoms with Crippen LogP contribution < -0.4 is 5.32 Å². The summed E-state index contributed by atoms with van der Waals surface area (Å²) < 4.78 is 6.03. The Morgan fingerprint density at radius 2 is 2.05 bits per heavy atom. The predicted octanol–water partition coefficient (Wildman–Crippen LogP) is 2.42. The van der Waals surface area contributed by atoms with Crippen LogP contribution in [-0.4, -0.2) is 28.7 Å². The van der Waals surface area contributed by atoms with Gasteiger partial charge in [0.15, 0.2) is 0 Å². The first-order valence-electron chi connectivity index (χ1n) is 8.64. The second-order valence-electron chi connectivity index (χ2n) is 7.16. The molecule has 3 fully saturated rings. The highest BCUT2D eigenvalue weighted by molar-refractivity contribution is 5.33. The molecule has 3 atom stereocenters. The Morgan fingerprint density at radius 1 is 1.10 bits per heavy atom. The molecule has 21 heavy (non-hydrogen) atoms. The van der Waals surface area contributed by atoms with Crippen LogP contribution in [0.2, 0.25) is 0 Å². The minimum atomic E-state index is 0.393. The number of nitrogens with zero attached hydrogens (tertiary/aromatic N) is 2. The number of ether oxygens (including phenoxy) is 1. The molecular weight excluding hydrogens is 262 g/mol. The molecule has 0 amide bonds. The van der Waals surface area contributed by atoms with Gasteiger partial charge in [0, 0.05) is 36.9 Å². The fourth-order valence-electron chi connectivity index (χ4n) is 4.48. The van der Waals surface area contributed by atoms with Gasteiger partial charge in [0.2, 0.25) is 0 Å². The van der Waals surface area contributed by atoms with Crippen molar-refractivity contribution in [2.75, 3.05) is 6.54 Å². The van der Waals surface area contributed by atoms with E-state index >= 15 is 0 Å². The van der Waals surface area contributed by atoms with E-state index in [1.807, 2.05) is 0 Å². The average molecular weight is 285 g/mol. The van der Waals surface area contributed by atoms with E-state index in [0.717, 1.165) is 31.8 Å². The summed E-state index contributed by atoms with van der Waals surface area (Å²) in [6, 6.07) is 0. The Bertz CT molecular complexity index is 569. The van der Waals surface area contributed by atoms with Crippen molar-refractivity contribution in [1.29, 1.82) is 0 Å². The molecule has 4 heteroatoms. The lowest BCUT2D eigenvalue weighted by atomic mass is 9.80. The van der Waals surface area contributed by atoms with Crippen molar-refractivity contribution in [1.82, 2.24) is 15.3 Å².